The fourth-order valence-electron chi connectivity index (χ4n) is 0.766. The number of aryl methyl sites for hydroxylation is 1. The molecule has 0 unspecified atom stereocenters. The van der Waals surface area contributed by atoms with Crippen LogP contribution in [-0.4, -0.2) is 16.3 Å². The number of hydrogen-bond acceptors (Lipinski definition) is 2. The number of carbonyl (C=O) groups excluding carboxylic acids is 1. The highest BCUT2D eigenvalue weighted by atomic mass is 19.3. The summed E-state index contributed by atoms with van der Waals surface area (Å²) in [6, 6.07) is 0. The summed E-state index contributed by atoms with van der Waals surface area (Å²) in [6.45, 7) is 1.45. The molecule has 1 aromatic rings. The van der Waals surface area contributed by atoms with Gasteiger partial charge in [0, 0.05) is 5.69 Å². The number of hydrogen-bond donors (Lipinski definition) is 1. The van der Waals surface area contributed by atoms with Crippen LogP contribution in [0.3, 0.4) is 0 Å². The Morgan fingerprint density at radius 1 is 1.64 bits per heavy atom. The number of aldehydes is 1. The lowest BCUT2D eigenvalue weighted by Gasteiger charge is -1.91. The molecule has 0 aromatic carbocycles. The van der Waals surface area contributed by atoms with Crippen LogP contribution in [0.2, 0.25) is 0 Å². The summed E-state index contributed by atoms with van der Waals surface area (Å²) < 4.78 is 24.0. The fraction of sp³-hybridized carbons (Fsp3) is 0.333. The van der Waals surface area contributed by atoms with E-state index in [1.165, 1.54) is 6.92 Å². The van der Waals surface area contributed by atoms with E-state index in [0.717, 1.165) is 0 Å². The molecule has 0 atom stereocenters. The van der Waals surface area contributed by atoms with Crippen LogP contribution < -0.4 is 0 Å². The van der Waals surface area contributed by atoms with Gasteiger partial charge in [-0.25, -0.2) is 13.8 Å². The number of carbonyl (C=O) groups is 1. The number of imidazole rings is 1. The second-order valence-corrected chi connectivity index (χ2v) is 2.05. The molecule has 1 N–H and O–H groups in total. The van der Waals surface area contributed by atoms with Gasteiger partial charge >= 0.3 is 0 Å². The van der Waals surface area contributed by atoms with Crippen LogP contribution in [-0.2, 0) is 0 Å². The average molecular weight is 160 g/mol. The van der Waals surface area contributed by atoms with Crippen molar-refractivity contribution in [1.29, 1.82) is 0 Å². The van der Waals surface area contributed by atoms with E-state index in [-0.39, 0.29) is 17.2 Å². The third-order valence-electron chi connectivity index (χ3n) is 1.26. The smallest absolute Gasteiger partial charge is 0.282 e. The monoisotopic (exact) mass is 160 g/mol. The van der Waals surface area contributed by atoms with Crippen LogP contribution in [0, 0.1) is 6.92 Å². The van der Waals surface area contributed by atoms with E-state index in [1.807, 2.05) is 0 Å². The minimum Gasteiger partial charge on any atom is -0.339 e. The zero-order valence-corrected chi connectivity index (χ0v) is 5.77. The predicted molar refractivity (Wildman–Crippen MR) is 33.7 cm³/mol. The van der Waals surface area contributed by atoms with E-state index in [1.54, 1.807) is 0 Å². The third kappa shape index (κ3) is 1.42. The lowest BCUT2D eigenvalue weighted by atomic mass is 10.4. The Balaban J connectivity index is 3.06. The molecule has 0 saturated heterocycles. The van der Waals surface area contributed by atoms with Crippen molar-refractivity contribution >= 4 is 6.29 Å². The van der Waals surface area contributed by atoms with Crippen molar-refractivity contribution in [3.8, 4) is 0 Å². The molecule has 1 rings (SSSR count). The van der Waals surface area contributed by atoms with Crippen LogP contribution in [0.5, 0.6) is 0 Å². The van der Waals surface area contributed by atoms with Crippen molar-refractivity contribution in [3.63, 3.8) is 0 Å². The van der Waals surface area contributed by atoms with Gasteiger partial charge in [-0.3, -0.25) is 4.79 Å². The Morgan fingerprint density at radius 3 is 2.55 bits per heavy atom. The number of aromatic nitrogens is 2. The summed E-state index contributed by atoms with van der Waals surface area (Å²) >= 11 is 0. The van der Waals surface area contributed by atoms with Crippen LogP contribution in [0.1, 0.15) is 28.4 Å². The SMILES string of the molecule is Cc1[nH]c(C=O)nc1C(F)F. The fourth-order valence-corrected chi connectivity index (χ4v) is 0.766. The van der Waals surface area contributed by atoms with Crippen molar-refractivity contribution in [2.75, 3.05) is 0 Å². The number of alkyl halides is 2. The van der Waals surface area contributed by atoms with Crippen molar-refractivity contribution in [1.82, 2.24) is 9.97 Å². The standard InChI is InChI=1S/C6H6F2N2O/c1-3-5(6(7)8)10-4(2-11)9-3/h2,6H,1H3,(H,9,10). The van der Waals surface area contributed by atoms with Gasteiger partial charge in [0.1, 0.15) is 5.69 Å². The Labute approximate surface area is 61.4 Å². The van der Waals surface area contributed by atoms with Gasteiger partial charge in [-0.1, -0.05) is 0 Å². The second kappa shape index (κ2) is 2.77. The normalized spacial score (nSPS) is 10.5. The maximum atomic E-state index is 12.0. The molecule has 0 aliphatic carbocycles. The molecule has 3 nitrogen and oxygen atoms in total. The first kappa shape index (κ1) is 7.84. The number of rotatable bonds is 2. The van der Waals surface area contributed by atoms with E-state index in [0.29, 0.717) is 6.29 Å². The number of H-pyrrole nitrogens is 1. The summed E-state index contributed by atoms with van der Waals surface area (Å²) in [4.78, 5) is 15.8. The Bertz CT molecular complexity index is 270. The van der Waals surface area contributed by atoms with E-state index in [9.17, 15) is 13.6 Å². The number of aromatic amines is 1. The highest BCUT2D eigenvalue weighted by molar-refractivity contribution is 5.69. The van der Waals surface area contributed by atoms with Crippen LogP contribution >= 0.6 is 0 Å². The Hall–Kier alpha value is -1.26. The topological polar surface area (TPSA) is 45.8 Å². The van der Waals surface area contributed by atoms with Gasteiger partial charge in [0.25, 0.3) is 6.43 Å². The van der Waals surface area contributed by atoms with Gasteiger partial charge in [0.05, 0.1) is 0 Å². The summed E-state index contributed by atoms with van der Waals surface area (Å²) in [5, 5.41) is 0. The maximum absolute atomic E-state index is 12.0. The summed E-state index contributed by atoms with van der Waals surface area (Å²) in [6.07, 6.45) is -2.22. The average Bonchev–Trinajstić information content (AvgIpc) is 2.30. The lowest BCUT2D eigenvalue weighted by molar-refractivity contribution is 0.111. The van der Waals surface area contributed by atoms with Gasteiger partial charge in [0.2, 0.25) is 0 Å². The zero-order valence-electron chi connectivity index (χ0n) is 5.77. The highest BCUT2D eigenvalue weighted by Crippen LogP contribution is 2.19. The lowest BCUT2D eigenvalue weighted by Crippen LogP contribution is -1.87. The molecular formula is C6H6F2N2O. The zero-order chi connectivity index (χ0) is 8.43. The van der Waals surface area contributed by atoms with Crippen molar-refractivity contribution in [2.24, 2.45) is 0 Å². The van der Waals surface area contributed by atoms with E-state index in [4.69, 9.17) is 0 Å². The molecule has 0 aliphatic rings. The van der Waals surface area contributed by atoms with Crippen LogP contribution in [0.4, 0.5) is 8.78 Å². The molecule has 0 saturated carbocycles. The molecule has 0 bridgehead atoms. The Morgan fingerprint density at radius 2 is 2.27 bits per heavy atom. The molecule has 0 spiro atoms. The van der Waals surface area contributed by atoms with E-state index < -0.39 is 6.43 Å². The molecule has 0 fully saturated rings. The van der Waals surface area contributed by atoms with Crippen molar-refractivity contribution in [2.45, 2.75) is 13.3 Å². The molecule has 11 heavy (non-hydrogen) atoms. The minimum atomic E-state index is -2.63. The molecule has 0 radical (unpaired) electrons. The highest BCUT2D eigenvalue weighted by Gasteiger charge is 2.15. The molecule has 60 valence electrons. The van der Waals surface area contributed by atoms with Crippen LogP contribution in [0.25, 0.3) is 0 Å². The quantitative estimate of drug-likeness (QED) is 0.666. The molecule has 0 aliphatic heterocycles. The van der Waals surface area contributed by atoms with Crippen LogP contribution in [0.15, 0.2) is 0 Å². The molecule has 5 heteroatoms. The Kier molecular flexibility index (Phi) is 1.98. The summed E-state index contributed by atoms with van der Waals surface area (Å²) in [5.41, 5.74) is -0.116. The van der Waals surface area contributed by atoms with E-state index >= 15 is 0 Å². The third-order valence-corrected chi connectivity index (χ3v) is 1.26. The maximum Gasteiger partial charge on any atom is 0.282 e. The van der Waals surface area contributed by atoms with Gasteiger partial charge in [0.15, 0.2) is 12.1 Å². The predicted octanol–water partition coefficient (Wildman–Crippen LogP) is 1.47. The molecular weight excluding hydrogens is 154 g/mol. The summed E-state index contributed by atoms with van der Waals surface area (Å²) in [5.74, 6) is -0.0576. The van der Waals surface area contributed by atoms with Gasteiger partial charge in [-0.15, -0.1) is 0 Å². The summed E-state index contributed by atoms with van der Waals surface area (Å²) in [7, 11) is 0. The first-order chi connectivity index (χ1) is 5.15. The van der Waals surface area contributed by atoms with Crippen molar-refractivity contribution in [3.05, 3.63) is 17.2 Å². The van der Waals surface area contributed by atoms with Gasteiger partial charge in [-0.05, 0) is 6.92 Å². The first-order valence-electron chi connectivity index (χ1n) is 2.95. The number of halogens is 2. The largest absolute Gasteiger partial charge is 0.339 e. The molecule has 0 amide bonds. The van der Waals surface area contributed by atoms with Gasteiger partial charge in [-0.2, -0.15) is 0 Å². The van der Waals surface area contributed by atoms with Gasteiger partial charge < -0.3 is 4.98 Å². The molecule has 1 heterocycles. The number of nitrogens with zero attached hydrogens (tertiary/aromatic N) is 1. The number of nitrogens with one attached hydrogen (secondary N) is 1. The first-order valence-corrected chi connectivity index (χ1v) is 2.95. The second-order valence-electron chi connectivity index (χ2n) is 2.05. The minimum absolute atomic E-state index is 0.0576. The van der Waals surface area contributed by atoms with Crippen molar-refractivity contribution < 1.29 is 13.6 Å². The molecule has 1 aromatic heterocycles. The van der Waals surface area contributed by atoms with E-state index in [2.05, 4.69) is 9.97 Å².